The minimum absolute atomic E-state index is 0. The van der Waals surface area contributed by atoms with Gasteiger partial charge in [-0.3, -0.25) is 4.90 Å². The van der Waals surface area contributed by atoms with Crippen LogP contribution in [0.3, 0.4) is 0 Å². The van der Waals surface area contributed by atoms with E-state index in [1.54, 1.807) is 12.1 Å². The number of halogens is 5. The van der Waals surface area contributed by atoms with Gasteiger partial charge in [0.25, 0.3) is 0 Å². The molecule has 1 fully saturated rings. The Hall–Kier alpha value is -0.490. The van der Waals surface area contributed by atoms with Gasteiger partial charge in [0, 0.05) is 32.2 Å². The van der Waals surface area contributed by atoms with Gasteiger partial charge in [0.05, 0.1) is 5.56 Å². The number of hydrogen-bond acceptors (Lipinski definition) is 2. The summed E-state index contributed by atoms with van der Waals surface area (Å²) in [4.78, 5) is 2.38. The second kappa shape index (κ2) is 10.4. The number of piperazine rings is 1. The Morgan fingerprint density at radius 3 is 2.13 bits per heavy atom. The standard InChI is InChI=1S/C16H23F3N2.2ClH/c1-2-3-4-15(21-11-9-20-10-12-21)13-5-7-14(8-6-13)16(17,18)19;;/h5-8,15,20H,2-4,9-12H2,1H3;2*1H/t15-;;/m0../s1. The van der Waals surface area contributed by atoms with Crippen LogP contribution in [0.4, 0.5) is 13.2 Å². The topological polar surface area (TPSA) is 15.3 Å². The minimum atomic E-state index is -4.26. The summed E-state index contributed by atoms with van der Waals surface area (Å²) in [5.41, 5.74) is 0.430. The maximum atomic E-state index is 12.7. The minimum Gasteiger partial charge on any atom is -0.314 e. The Labute approximate surface area is 148 Å². The summed E-state index contributed by atoms with van der Waals surface area (Å²) in [6.45, 7) is 5.94. The third-order valence-corrected chi connectivity index (χ3v) is 4.05. The van der Waals surface area contributed by atoms with E-state index in [1.807, 2.05) is 0 Å². The van der Waals surface area contributed by atoms with Crippen molar-refractivity contribution >= 4 is 24.8 Å². The Bertz CT molecular complexity index is 432. The summed E-state index contributed by atoms with van der Waals surface area (Å²) >= 11 is 0. The van der Waals surface area contributed by atoms with Crippen LogP contribution in [0.1, 0.15) is 43.4 Å². The summed E-state index contributed by atoms with van der Waals surface area (Å²) in [6, 6.07) is 5.93. The molecule has 1 aromatic rings. The van der Waals surface area contributed by atoms with Gasteiger partial charge in [-0.15, -0.1) is 24.8 Å². The lowest BCUT2D eigenvalue weighted by atomic mass is 9.97. The molecule has 134 valence electrons. The lowest BCUT2D eigenvalue weighted by Gasteiger charge is -2.35. The number of alkyl halides is 3. The highest BCUT2D eigenvalue weighted by Crippen LogP contribution is 2.32. The Balaban J connectivity index is 0.00000242. The number of nitrogens with one attached hydrogen (secondary N) is 1. The van der Waals surface area contributed by atoms with Gasteiger partial charge in [0.2, 0.25) is 0 Å². The van der Waals surface area contributed by atoms with E-state index in [0.29, 0.717) is 0 Å². The largest absolute Gasteiger partial charge is 0.416 e. The van der Waals surface area contributed by atoms with Crippen LogP contribution in [-0.2, 0) is 6.18 Å². The number of unbranched alkanes of at least 4 members (excludes halogenated alkanes) is 1. The molecule has 1 atom stereocenters. The lowest BCUT2D eigenvalue weighted by molar-refractivity contribution is -0.137. The molecular weight excluding hydrogens is 348 g/mol. The molecule has 1 aliphatic rings. The molecule has 1 heterocycles. The highest BCUT2D eigenvalue weighted by Gasteiger charge is 2.30. The molecule has 2 rings (SSSR count). The van der Waals surface area contributed by atoms with E-state index in [2.05, 4.69) is 17.1 Å². The summed E-state index contributed by atoms with van der Waals surface area (Å²) in [5.74, 6) is 0. The van der Waals surface area contributed by atoms with Gasteiger partial charge >= 0.3 is 6.18 Å². The fourth-order valence-corrected chi connectivity index (χ4v) is 2.85. The molecule has 0 radical (unpaired) electrons. The van der Waals surface area contributed by atoms with E-state index in [-0.39, 0.29) is 30.9 Å². The number of rotatable bonds is 5. The number of nitrogens with zero attached hydrogens (tertiary/aromatic N) is 1. The predicted molar refractivity (Wildman–Crippen MR) is 92.6 cm³/mol. The first-order valence-electron chi connectivity index (χ1n) is 7.64. The van der Waals surface area contributed by atoms with Crippen molar-refractivity contribution in [1.82, 2.24) is 10.2 Å². The van der Waals surface area contributed by atoms with E-state index in [9.17, 15) is 13.2 Å². The zero-order chi connectivity index (χ0) is 15.3. The van der Waals surface area contributed by atoms with Crippen LogP contribution in [0.15, 0.2) is 24.3 Å². The molecule has 1 aromatic carbocycles. The maximum absolute atomic E-state index is 12.7. The first-order valence-corrected chi connectivity index (χ1v) is 7.64. The van der Waals surface area contributed by atoms with Crippen LogP contribution in [0, 0.1) is 0 Å². The van der Waals surface area contributed by atoms with Gasteiger partial charge in [-0.2, -0.15) is 13.2 Å². The Morgan fingerprint density at radius 2 is 1.65 bits per heavy atom. The van der Waals surface area contributed by atoms with Crippen molar-refractivity contribution in [2.45, 2.75) is 38.4 Å². The quantitative estimate of drug-likeness (QED) is 0.806. The predicted octanol–water partition coefficient (Wildman–Crippen LogP) is 4.69. The summed E-state index contributed by atoms with van der Waals surface area (Å²) < 4.78 is 38.0. The summed E-state index contributed by atoms with van der Waals surface area (Å²) in [7, 11) is 0. The van der Waals surface area contributed by atoms with Crippen LogP contribution in [-0.4, -0.2) is 31.1 Å². The van der Waals surface area contributed by atoms with Crippen molar-refractivity contribution in [3.63, 3.8) is 0 Å². The first kappa shape index (κ1) is 22.5. The highest BCUT2D eigenvalue weighted by atomic mass is 35.5. The van der Waals surface area contributed by atoms with Crippen molar-refractivity contribution < 1.29 is 13.2 Å². The fraction of sp³-hybridized carbons (Fsp3) is 0.625. The third kappa shape index (κ3) is 6.49. The SMILES string of the molecule is CCCC[C@@H](c1ccc(C(F)(F)F)cc1)N1CCNCC1.Cl.Cl. The van der Waals surface area contributed by atoms with Gasteiger partial charge in [0.1, 0.15) is 0 Å². The van der Waals surface area contributed by atoms with Crippen molar-refractivity contribution in [3.05, 3.63) is 35.4 Å². The normalized spacial score (nSPS) is 17.0. The summed E-state index contributed by atoms with van der Waals surface area (Å²) in [5, 5.41) is 3.32. The van der Waals surface area contributed by atoms with E-state index < -0.39 is 11.7 Å². The van der Waals surface area contributed by atoms with E-state index >= 15 is 0 Å². The van der Waals surface area contributed by atoms with Crippen molar-refractivity contribution in [3.8, 4) is 0 Å². The van der Waals surface area contributed by atoms with Gasteiger partial charge in [-0.1, -0.05) is 31.9 Å². The van der Waals surface area contributed by atoms with Crippen LogP contribution in [0.2, 0.25) is 0 Å². The van der Waals surface area contributed by atoms with Crippen molar-refractivity contribution in [2.75, 3.05) is 26.2 Å². The molecule has 7 heteroatoms. The van der Waals surface area contributed by atoms with Crippen molar-refractivity contribution in [2.24, 2.45) is 0 Å². The molecule has 23 heavy (non-hydrogen) atoms. The van der Waals surface area contributed by atoms with Crippen LogP contribution < -0.4 is 5.32 Å². The van der Waals surface area contributed by atoms with Crippen LogP contribution >= 0.6 is 24.8 Å². The fourth-order valence-electron chi connectivity index (χ4n) is 2.85. The Kier molecular flexibility index (Phi) is 10.2. The smallest absolute Gasteiger partial charge is 0.314 e. The number of hydrogen-bond donors (Lipinski definition) is 1. The third-order valence-electron chi connectivity index (χ3n) is 4.05. The second-order valence-electron chi connectivity index (χ2n) is 5.56. The van der Waals surface area contributed by atoms with Crippen molar-refractivity contribution in [1.29, 1.82) is 0 Å². The van der Waals surface area contributed by atoms with Gasteiger partial charge in [-0.25, -0.2) is 0 Å². The van der Waals surface area contributed by atoms with Gasteiger partial charge in [-0.05, 0) is 24.1 Å². The average molecular weight is 373 g/mol. The Morgan fingerprint density at radius 1 is 1.09 bits per heavy atom. The zero-order valence-corrected chi connectivity index (χ0v) is 14.9. The second-order valence-corrected chi connectivity index (χ2v) is 5.56. The van der Waals surface area contributed by atoms with Gasteiger partial charge < -0.3 is 5.32 Å². The zero-order valence-electron chi connectivity index (χ0n) is 13.2. The molecular formula is C16H25Cl2F3N2. The number of benzene rings is 1. The molecule has 0 unspecified atom stereocenters. The molecule has 0 aromatic heterocycles. The average Bonchev–Trinajstić information content (AvgIpc) is 2.48. The lowest BCUT2D eigenvalue weighted by Crippen LogP contribution is -2.45. The highest BCUT2D eigenvalue weighted by molar-refractivity contribution is 5.85. The van der Waals surface area contributed by atoms with Crippen LogP contribution in [0.25, 0.3) is 0 Å². The molecule has 0 bridgehead atoms. The molecule has 0 spiro atoms. The molecule has 0 saturated carbocycles. The molecule has 1 aliphatic heterocycles. The molecule has 2 nitrogen and oxygen atoms in total. The maximum Gasteiger partial charge on any atom is 0.416 e. The monoisotopic (exact) mass is 372 g/mol. The van der Waals surface area contributed by atoms with E-state index in [1.165, 1.54) is 12.1 Å². The first-order chi connectivity index (χ1) is 10.0. The molecule has 0 amide bonds. The van der Waals surface area contributed by atoms with Crippen LogP contribution in [0.5, 0.6) is 0 Å². The van der Waals surface area contributed by atoms with E-state index in [0.717, 1.165) is 51.0 Å². The molecule has 1 N–H and O–H groups in total. The molecule has 0 aliphatic carbocycles. The summed E-state index contributed by atoms with van der Waals surface area (Å²) in [6.07, 6.45) is -1.06. The van der Waals surface area contributed by atoms with Gasteiger partial charge in [0.15, 0.2) is 0 Å². The molecule has 1 saturated heterocycles. The van der Waals surface area contributed by atoms with E-state index in [4.69, 9.17) is 0 Å².